The van der Waals surface area contributed by atoms with E-state index >= 15 is 0 Å². The van der Waals surface area contributed by atoms with E-state index in [1.54, 1.807) is 0 Å². The Morgan fingerprint density at radius 2 is 0.740 bits per heavy atom. The third-order valence-corrected chi connectivity index (χ3v) is 13.9. The number of nitrogens with zero attached hydrogens (tertiary/aromatic N) is 1. The molecule has 0 spiro atoms. The van der Waals surface area contributed by atoms with Crippen LogP contribution >= 0.6 is 0 Å². The predicted octanol–water partition coefficient (Wildman–Crippen LogP) is 18.0. The van der Waals surface area contributed by atoms with Crippen LogP contribution in [0.15, 0.2) is 72.9 Å². The fourth-order valence-electron chi connectivity index (χ4n) is 9.03. The average Bonchev–Trinajstić information content (AvgIpc) is 3.40. The molecule has 0 fully saturated rings. The second-order valence-corrected chi connectivity index (χ2v) is 22.7. The molecular formula is C68H121NO8. The predicted molar refractivity (Wildman–Crippen MR) is 325 cm³/mol. The van der Waals surface area contributed by atoms with Crippen molar-refractivity contribution in [2.75, 3.05) is 47.5 Å². The van der Waals surface area contributed by atoms with Gasteiger partial charge in [0.05, 0.1) is 40.3 Å². The standard InChI is InChI=1S/C68H121NO8/c1-6-8-10-12-14-16-18-20-22-24-26-28-30-32-33-35-36-38-40-42-44-46-48-50-52-54-56-58-65(70)75-62-64(63-76-68(67(72)73)74-61-60-69(3,4)5)77-66(71)59-57-55-53-51-49-47-45-43-41-39-37-34-31-29-27-25-23-21-19-17-15-13-11-9-7-2/h9,11,15,17-18,20-21,23-24,26-27,29,64,68H,6-8,10,12-14,16,19,22,25,28,30-63H2,1-5H3/b11-9-,17-15-,20-18-,23-21-,26-24-,29-27-. The third kappa shape index (κ3) is 60.2. The molecule has 446 valence electrons. The molecule has 0 aliphatic rings. The molecule has 9 heteroatoms. The number of unbranched alkanes of at least 4 members (excludes halogenated alkanes) is 32. The quantitative estimate of drug-likeness (QED) is 0.0195. The van der Waals surface area contributed by atoms with Crippen LogP contribution in [0.25, 0.3) is 0 Å². The van der Waals surface area contributed by atoms with E-state index in [0.717, 1.165) is 70.6 Å². The molecule has 0 aliphatic heterocycles. The van der Waals surface area contributed by atoms with E-state index in [4.69, 9.17) is 18.9 Å². The lowest BCUT2D eigenvalue weighted by molar-refractivity contribution is -0.870. The summed E-state index contributed by atoms with van der Waals surface area (Å²) in [5.41, 5.74) is 0. The molecule has 0 aromatic carbocycles. The van der Waals surface area contributed by atoms with Crippen LogP contribution in [0, 0.1) is 0 Å². The van der Waals surface area contributed by atoms with Crippen molar-refractivity contribution in [1.29, 1.82) is 0 Å². The van der Waals surface area contributed by atoms with Gasteiger partial charge in [0.1, 0.15) is 13.2 Å². The lowest BCUT2D eigenvalue weighted by Crippen LogP contribution is -2.44. The summed E-state index contributed by atoms with van der Waals surface area (Å²) in [6.45, 7) is 4.65. The first kappa shape index (κ1) is 73.7. The van der Waals surface area contributed by atoms with Gasteiger partial charge < -0.3 is 33.3 Å². The van der Waals surface area contributed by atoms with Crippen molar-refractivity contribution in [2.45, 2.75) is 296 Å². The van der Waals surface area contributed by atoms with Crippen LogP contribution in [0.2, 0.25) is 0 Å². The van der Waals surface area contributed by atoms with Crippen LogP contribution < -0.4 is 5.11 Å². The first-order valence-corrected chi connectivity index (χ1v) is 32.1. The number of carbonyl (C=O) groups is 3. The van der Waals surface area contributed by atoms with E-state index in [1.807, 2.05) is 21.1 Å². The van der Waals surface area contributed by atoms with Gasteiger partial charge in [-0.1, -0.05) is 260 Å². The van der Waals surface area contributed by atoms with Crippen molar-refractivity contribution in [1.82, 2.24) is 0 Å². The number of rotatable bonds is 59. The number of hydrogen-bond donors (Lipinski definition) is 0. The molecule has 0 aromatic rings. The maximum Gasteiger partial charge on any atom is 0.306 e. The Kier molecular flexibility index (Phi) is 56.4. The van der Waals surface area contributed by atoms with Gasteiger partial charge in [-0.15, -0.1) is 0 Å². The van der Waals surface area contributed by atoms with Gasteiger partial charge in [-0.2, -0.15) is 0 Å². The fourth-order valence-corrected chi connectivity index (χ4v) is 9.03. The molecule has 9 nitrogen and oxygen atoms in total. The number of quaternary nitrogens is 1. The van der Waals surface area contributed by atoms with E-state index in [1.165, 1.54) is 180 Å². The average molecular weight is 1080 g/mol. The van der Waals surface area contributed by atoms with Crippen molar-refractivity contribution >= 4 is 17.9 Å². The van der Waals surface area contributed by atoms with Crippen molar-refractivity contribution in [2.24, 2.45) is 0 Å². The third-order valence-electron chi connectivity index (χ3n) is 13.9. The zero-order chi connectivity index (χ0) is 56.2. The van der Waals surface area contributed by atoms with Gasteiger partial charge in [0.2, 0.25) is 0 Å². The van der Waals surface area contributed by atoms with Gasteiger partial charge >= 0.3 is 11.9 Å². The van der Waals surface area contributed by atoms with Gasteiger partial charge in [0.15, 0.2) is 12.4 Å². The lowest BCUT2D eigenvalue weighted by atomic mass is 10.0. The molecule has 0 radical (unpaired) electrons. The van der Waals surface area contributed by atoms with Gasteiger partial charge in [0.25, 0.3) is 0 Å². The molecule has 0 N–H and O–H groups in total. The second-order valence-electron chi connectivity index (χ2n) is 22.7. The number of allylic oxidation sites excluding steroid dienone is 12. The molecular weight excluding hydrogens is 959 g/mol. The van der Waals surface area contributed by atoms with Crippen LogP contribution in [0.4, 0.5) is 0 Å². The highest BCUT2D eigenvalue weighted by atomic mass is 16.7. The highest BCUT2D eigenvalue weighted by Gasteiger charge is 2.22. The Balaban J connectivity index is 4.16. The normalized spacial score (nSPS) is 13.2. The summed E-state index contributed by atoms with van der Waals surface area (Å²) >= 11 is 0. The molecule has 2 atom stereocenters. The number of hydrogen-bond acceptors (Lipinski definition) is 8. The molecule has 0 aliphatic carbocycles. The monoisotopic (exact) mass is 1080 g/mol. The van der Waals surface area contributed by atoms with Crippen molar-refractivity contribution in [3.05, 3.63) is 72.9 Å². The number of aliphatic carboxylic acids is 1. The Morgan fingerprint density at radius 1 is 0.403 bits per heavy atom. The van der Waals surface area contributed by atoms with Crippen molar-refractivity contribution < 1.29 is 42.9 Å². The Morgan fingerprint density at radius 3 is 1.10 bits per heavy atom. The summed E-state index contributed by atoms with van der Waals surface area (Å²) in [5, 5.41) is 11.8. The maximum atomic E-state index is 12.9. The van der Waals surface area contributed by atoms with Crippen LogP contribution in [-0.2, 0) is 33.3 Å². The summed E-state index contributed by atoms with van der Waals surface area (Å²) in [4.78, 5) is 37.4. The molecule has 0 heterocycles. The zero-order valence-corrected chi connectivity index (χ0v) is 50.8. The lowest BCUT2D eigenvalue weighted by Gasteiger charge is -2.26. The number of carboxylic acid groups (broad SMARTS) is 1. The molecule has 2 unspecified atom stereocenters. The van der Waals surface area contributed by atoms with Crippen LogP contribution in [0.1, 0.15) is 284 Å². The minimum Gasteiger partial charge on any atom is -0.545 e. The van der Waals surface area contributed by atoms with E-state index in [2.05, 4.69) is 86.8 Å². The molecule has 0 aromatic heterocycles. The molecule has 0 saturated heterocycles. The van der Waals surface area contributed by atoms with E-state index in [9.17, 15) is 19.5 Å². The van der Waals surface area contributed by atoms with E-state index < -0.39 is 24.3 Å². The minimum absolute atomic E-state index is 0.146. The number of likely N-dealkylation sites (N-methyl/N-ethyl adjacent to an activating group) is 1. The molecule has 77 heavy (non-hydrogen) atoms. The maximum absolute atomic E-state index is 12.9. The fraction of sp³-hybridized carbons (Fsp3) is 0.779. The van der Waals surface area contributed by atoms with E-state index in [0.29, 0.717) is 23.9 Å². The molecule has 0 rings (SSSR count). The van der Waals surface area contributed by atoms with Gasteiger partial charge in [-0.3, -0.25) is 9.59 Å². The molecule has 0 bridgehead atoms. The highest BCUT2D eigenvalue weighted by Crippen LogP contribution is 2.17. The van der Waals surface area contributed by atoms with Crippen molar-refractivity contribution in [3.63, 3.8) is 0 Å². The van der Waals surface area contributed by atoms with E-state index in [-0.39, 0.29) is 32.2 Å². The second kappa shape index (κ2) is 58.9. The highest BCUT2D eigenvalue weighted by molar-refractivity contribution is 5.70. The summed E-state index contributed by atoms with van der Waals surface area (Å²) in [7, 11) is 5.93. The van der Waals surface area contributed by atoms with Crippen LogP contribution in [0.5, 0.6) is 0 Å². The topological polar surface area (TPSA) is 111 Å². The number of esters is 2. The zero-order valence-electron chi connectivity index (χ0n) is 50.8. The van der Waals surface area contributed by atoms with Crippen LogP contribution in [0.3, 0.4) is 0 Å². The van der Waals surface area contributed by atoms with Crippen LogP contribution in [-0.4, -0.2) is 82.3 Å². The number of carbonyl (C=O) groups excluding carboxylic acids is 3. The minimum atomic E-state index is -1.62. The van der Waals surface area contributed by atoms with Gasteiger partial charge in [-0.05, 0) is 83.5 Å². The summed E-state index contributed by atoms with van der Waals surface area (Å²) in [5.74, 6) is -2.28. The summed E-state index contributed by atoms with van der Waals surface area (Å²) in [6.07, 6.45) is 73.9. The Labute approximate surface area is 475 Å². The van der Waals surface area contributed by atoms with Gasteiger partial charge in [0, 0.05) is 12.8 Å². The Hall–Kier alpha value is -3.27. The summed E-state index contributed by atoms with van der Waals surface area (Å²) in [6, 6.07) is 0. The number of ether oxygens (including phenoxy) is 4. The first-order valence-electron chi connectivity index (χ1n) is 32.1. The molecule has 0 amide bonds. The van der Waals surface area contributed by atoms with Crippen molar-refractivity contribution in [3.8, 4) is 0 Å². The first-order chi connectivity index (χ1) is 37.6. The smallest absolute Gasteiger partial charge is 0.306 e. The van der Waals surface area contributed by atoms with Gasteiger partial charge in [-0.25, -0.2) is 0 Å². The largest absolute Gasteiger partial charge is 0.545 e. The number of carboxylic acids is 1. The summed E-state index contributed by atoms with van der Waals surface area (Å²) < 4.78 is 22.8. The SMILES string of the molecule is CC/C=C\C/C=C\C/C=C\C/C=C\CCCCCCCCCCCCCCC(=O)OC(COC(=O)CCCCCCCCCCCCCCCCC/C=C\C/C=C\CCCCCCC)COC(OCC[N+](C)(C)C)C(=O)[O-]. The molecule has 0 saturated carbocycles. The Bertz CT molecular complexity index is 1490.